The molecule has 5 atom stereocenters. The van der Waals surface area contributed by atoms with Crippen molar-refractivity contribution in [1.29, 1.82) is 0 Å². The van der Waals surface area contributed by atoms with E-state index in [0.29, 0.717) is 0 Å². The normalized spacial score (nSPS) is 31.4. The van der Waals surface area contributed by atoms with Crippen LogP contribution in [0.3, 0.4) is 0 Å². The van der Waals surface area contributed by atoms with Crippen LogP contribution in [0.4, 0.5) is 10.2 Å². The molecule has 0 spiro atoms. The number of rotatable bonds is 4. The molecule has 20 heavy (non-hydrogen) atoms. The monoisotopic (exact) mass is 325 g/mol. The number of nitrogens with two attached hydrogens (primary N) is 1. The van der Waals surface area contributed by atoms with Crippen LogP contribution >= 0.6 is 19.5 Å². The van der Waals surface area contributed by atoms with Crippen molar-refractivity contribution in [2.45, 2.75) is 24.6 Å². The van der Waals surface area contributed by atoms with Gasteiger partial charge in [0.15, 0.2) is 12.4 Å². The largest absolute Gasteiger partial charge is 0.394 e. The molecular formula is C9H13FN3O5PS. The zero-order chi connectivity index (χ0) is 14.9. The molecule has 3 unspecified atom stereocenters. The Hall–Kier alpha value is -0.930. The van der Waals surface area contributed by atoms with Gasteiger partial charge in [-0.25, -0.2) is 9.18 Å². The molecule has 8 nitrogen and oxygen atoms in total. The van der Waals surface area contributed by atoms with Crippen LogP contribution in [0.2, 0.25) is 0 Å². The third-order valence-corrected chi connectivity index (χ3v) is 3.60. The molecule has 3 N–H and O–H groups in total. The van der Waals surface area contributed by atoms with Crippen LogP contribution in [0.1, 0.15) is 6.23 Å². The Morgan fingerprint density at radius 2 is 2.40 bits per heavy atom. The lowest BCUT2D eigenvalue weighted by atomic mass is 10.1. The summed E-state index contributed by atoms with van der Waals surface area (Å²) in [5, 5.41) is 9.13. The summed E-state index contributed by atoms with van der Waals surface area (Å²) in [5.74, 6) is -0.00780. The smallest absolute Gasteiger partial charge is 0.351 e. The molecule has 0 saturated carbocycles. The predicted octanol–water partition coefficient (Wildman–Crippen LogP) is -0.242. The number of halogens is 1. The highest BCUT2D eigenvalue weighted by atomic mass is 32.7. The molecule has 1 aromatic heterocycles. The fourth-order valence-corrected chi connectivity index (χ4v) is 2.82. The van der Waals surface area contributed by atoms with E-state index < -0.39 is 44.1 Å². The Morgan fingerprint density at radius 3 is 2.95 bits per heavy atom. The molecule has 2 rings (SSSR count). The fraction of sp³-hybridized carbons (Fsp3) is 0.556. The lowest BCUT2D eigenvalue weighted by molar-refractivity contribution is -0.0462. The van der Waals surface area contributed by atoms with Crippen LogP contribution < -0.4 is 11.4 Å². The van der Waals surface area contributed by atoms with Gasteiger partial charge in [0, 0.05) is 6.20 Å². The lowest BCUT2D eigenvalue weighted by Crippen LogP contribution is -2.34. The second-order valence-electron chi connectivity index (χ2n) is 4.08. The summed E-state index contributed by atoms with van der Waals surface area (Å²) in [6.45, 7) is -0.554. The summed E-state index contributed by atoms with van der Waals surface area (Å²) in [6, 6.07) is 1.31. The number of aliphatic hydroxyl groups is 1. The van der Waals surface area contributed by atoms with E-state index in [4.69, 9.17) is 20.1 Å². The number of ether oxygens (including phenoxy) is 1. The average Bonchev–Trinajstić information content (AvgIpc) is 2.67. The van der Waals surface area contributed by atoms with Gasteiger partial charge in [-0.15, -0.1) is 0 Å². The van der Waals surface area contributed by atoms with Gasteiger partial charge in [-0.1, -0.05) is 12.2 Å². The van der Waals surface area contributed by atoms with Gasteiger partial charge < -0.3 is 20.1 Å². The number of aromatic nitrogens is 2. The number of hydrogen-bond acceptors (Lipinski definition) is 7. The molecule has 1 aliphatic rings. The second kappa shape index (κ2) is 6.23. The van der Waals surface area contributed by atoms with E-state index in [1.165, 1.54) is 12.3 Å². The van der Waals surface area contributed by atoms with Crippen LogP contribution in [0.15, 0.2) is 17.1 Å². The number of anilines is 1. The Kier molecular flexibility index (Phi) is 4.82. The van der Waals surface area contributed by atoms with E-state index >= 15 is 0 Å². The van der Waals surface area contributed by atoms with E-state index in [9.17, 15) is 13.8 Å². The first-order valence-corrected chi connectivity index (χ1v) is 8.19. The van der Waals surface area contributed by atoms with Gasteiger partial charge >= 0.3 is 5.69 Å². The molecule has 2 heterocycles. The molecule has 11 heteroatoms. The van der Waals surface area contributed by atoms with E-state index in [-0.39, 0.29) is 5.82 Å². The van der Waals surface area contributed by atoms with Crippen LogP contribution in [-0.2, 0) is 13.8 Å². The van der Waals surface area contributed by atoms with Gasteiger partial charge in [-0.3, -0.25) is 9.13 Å². The average molecular weight is 325 g/mol. The van der Waals surface area contributed by atoms with Gasteiger partial charge in [0.1, 0.15) is 18.0 Å². The van der Waals surface area contributed by atoms with Crippen molar-refractivity contribution in [2.75, 3.05) is 12.3 Å². The molecule has 0 bridgehead atoms. The standard InChI is InChI=1S/C9H13FN3O5PS/c10-6-7(18-19(16)20)4(3-14)17-8(6)13-2-1-5(11)12-9(13)15/h1-2,4,6-8,14,19H,3H2,(H,16,20)(H2,11,12,15)/t4-,6?,7?,8-/m1/s1. The maximum atomic E-state index is 14.3. The number of alkyl halides is 1. The summed E-state index contributed by atoms with van der Waals surface area (Å²) >= 11 is 3.57. The van der Waals surface area contributed by atoms with Gasteiger partial charge in [-0.2, -0.15) is 4.98 Å². The van der Waals surface area contributed by atoms with Crippen LogP contribution in [0, 0.1) is 0 Å². The maximum absolute atomic E-state index is 14.3. The second-order valence-corrected chi connectivity index (χ2v) is 5.95. The van der Waals surface area contributed by atoms with Gasteiger partial charge in [0.25, 0.3) is 0 Å². The quantitative estimate of drug-likeness (QED) is 0.516. The van der Waals surface area contributed by atoms with Crippen molar-refractivity contribution < 1.29 is 23.3 Å². The van der Waals surface area contributed by atoms with Crippen molar-refractivity contribution in [3.8, 4) is 0 Å². The highest BCUT2D eigenvalue weighted by molar-refractivity contribution is 8.39. The van der Waals surface area contributed by atoms with Gasteiger partial charge in [-0.05, 0) is 6.07 Å². The first kappa shape index (κ1) is 15.5. The minimum Gasteiger partial charge on any atom is -0.394 e. The first-order chi connectivity index (χ1) is 9.43. The summed E-state index contributed by atoms with van der Waals surface area (Å²) in [4.78, 5) is 15.1. The lowest BCUT2D eigenvalue weighted by Gasteiger charge is -2.16. The zero-order valence-corrected chi connectivity index (χ0v) is 11.9. The third-order valence-electron chi connectivity index (χ3n) is 2.81. The third kappa shape index (κ3) is 3.04. The number of aliphatic hydroxyl groups excluding tert-OH is 1. The number of thiol groups is 1. The predicted molar refractivity (Wildman–Crippen MR) is 71.7 cm³/mol. The minimum atomic E-state index is -2.72. The minimum absolute atomic E-state index is 0.00780. The van der Waals surface area contributed by atoms with E-state index in [1.807, 2.05) is 0 Å². The van der Waals surface area contributed by atoms with Crippen LogP contribution in [-0.4, -0.2) is 39.6 Å². The molecule has 112 valence electrons. The Balaban J connectivity index is 2.29. The van der Waals surface area contributed by atoms with Crippen molar-refractivity contribution in [3.63, 3.8) is 0 Å². The van der Waals surface area contributed by atoms with E-state index in [1.54, 1.807) is 0 Å². The molecule has 1 aromatic rings. The Labute approximate surface area is 118 Å². The molecule has 0 aromatic carbocycles. The number of hydrogen-bond donors (Lipinski definition) is 3. The Bertz CT molecular complexity index is 573. The summed E-state index contributed by atoms with van der Waals surface area (Å²) in [6.07, 6.45) is -4.26. The van der Waals surface area contributed by atoms with Gasteiger partial charge in [0.05, 0.1) is 6.61 Å². The van der Waals surface area contributed by atoms with Crippen molar-refractivity contribution in [3.05, 3.63) is 22.7 Å². The van der Waals surface area contributed by atoms with Crippen molar-refractivity contribution in [2.24, 2.45) is 0 Å². The van der Waals surface area contributed by atoms with Crippen LogP contribution in [0.25, 0.3) is 0 Å². The number of nitrogen functional groups attached to an aromatic ring is 1. The summed E-state index contributed by atoms with van der Waals surface area (Å²) in [7, 11) is -2.72. The van der Waals surface area contributed by atoms with E-state index in [2.05, 4.69) is 17.2 Å². The highest BCUT2D eigenvalue weighted by Crippen LogP contribution is 2.39. The molecule has 1 aliphatic heterocycles. The maximum Gasteiger partial charge on any atom is 0.351 e. The molecule has 0 radical (unpaired) electrons. The molecular weight excluding hydrogens is 312 g/mol. The SMILES string of the molecule is Nc1ccn([C@@H]2O[C@H](CO)C(O[PH](=O)S)C2F)c(=O)n1. The van der Waals surface area contributed by atoms with Gasteiger partial charge in [0.2, 0.25) is 7.23 Å². The zero-order valence-electron chi connectivity index (χ0n) is 10.0. The topological polar surface area (TPSA) is 117 Å². The molecule has 1 saturated heterocycles. The highest BCUT2D eigenvalue weighted by Gasteiger charge is 2.47. The van der Waals surface area contributed by atoms with Crippen molar-refractivity contribution in [1.82, 2.24) is 9.55 Å². The first-order valence-electron chi connectivity index (χ1n) is 5.58. The molecule has 0 aliphatic carbocycles. The van der Waals surface area contributed by atoms with Crippen LogP contribution in [0.5, 0.6) is 0 Å². The summed E-state index contributed by atoms with van der Waals surface area (Å²) in [5.41, 5.74) is 4.54. The van der Waals surface area contributed by atoms with Crippen molar-refractivity contribution >= 4 is 25.3 Å². The molecule has 1 fully saturated rings. The fourth-order valence-electron chi connectivity index (χ4n) is 1.94. The van der Waals surface area contributed by atoms with E-state index in [0.717, 1.165) is 4.57 Å². The Morgan fingerprint density at radius 1 is 1.70 bits per heavy atom. The summed E-state index contributed by atoms with van der Waals surface area (Å²) < 4.78 is 36.2. The number of nitrogens with zero attached hydrogens (tertiary/aromatic N) is 2. The molecule has 0 amide bonds.